The van der Waals surface area contributed by atoms with Crippen molar-refractivity contribution in [1.29, 1.82) is 0 Å². The number of ether oxygens (including phenoxy) is 1. The lowest BCUT2D eigenvalue weighted by molar-refractivity contribution is -0.135. The molecule has 1 aromatic heterocycles. The molecule has 166 valence electrons. The van der Waals surface area contributed by atoms with Gasteiger partial charge in [-0.25, -0.2) is 4.98 Å². The molecule has 3 heterocycles. The number of nitrogens with zero attached hydrogens (tertiary/aromatic N) is 4. The molecule has 31 heavy (non-hydrogen) atoms. The van der Waals surface area contributed by atoms with Crippen molar-refractivity contribution in [2.24, 2.45) is 0 Å². The number of amides is 1. The van der Waals surface area contributed by atoms with E-state index in [0.29, 0.717) is 13.2 Å². The van der Waals surface area contributed by atoms with Gasteiger partial charge >= 0.3 is 0 Å². The summed E-state index contributed by atoms with van der Waals surface area (Å²) >= 11 is 1.76. The van der Waals surface area contributed by atoms with Gasteiger partial charge in [-0.2, -0.15) is 0 Å². The van der Waals surface area contributed by atoms with E-state index >= 15 is 0 Å². The fourth-order valence-electron chi connectivity index (χ4n) is 4.75. The first kappa shape index (κ1) is 20.9. The van der Waals surface area contributed by atoms with E-state index in [1.165, 1.54) is 29.8 Å². The second kappa shape index (κ2) is 9.27. The van der Waals surface area contributed by atoms with Gasteiger partial charge in [-0.05, 0) is 44.0 Å². The number of aromatic nitrogens is 1. The minimum Gasteiger partial charge on any atom is -0.494 e. The van der Waals surface area contributed by atoms with Crippen LogP contribution in [0.3, 0.4) is 0 Å². The van der Waals surface area contributed by atoms with Gasteiger partial charge in [-0.15, -0.1) is 11.3 Å². The van der Waals surface area contributed by atoms with Crippen LogP contribution in [0.15, 0.2) is 24.3 Å². The number of piperazine rings is 1. The lowest BCUT2D eigenvalue weighted by Gasteiger charge is -2.43. The zero-order chi connectivity index (χ0) is 21.2. The predicted molar refractivity (Wildman–Crippen MR) is 123 cm³/mol. The molecule has 5 rings (SSSR count). The van der Waals surface area contributed by atoms with Crippen LogP contribution in [0.5, 0.6) is 5.75 Å². The van der Waals surface area contributed by atoms with Gasteiger partial charge in [0.25, 0.3) is 0 Å². The normalized spacial score (nSPS) is 20.4. The van der Waals surface area contributed by atoms with Gasteiger partial charge in [0.15, 0.2) is 0 Å². The van der Waals surface area contributed by atoms with Gasteiger partial charge in [-0.3, -0.25) is 14.6 Å². The average molecular weight is 441 g/mol. The number of thiazole rings is 1. The summed E-state index contributed by atoms with van der Waals surface area (Å²) in [7, 11) is 0. The highest BCUT2D eigenvalue weighted by atomic mass is 32.1. The summed E-state index contributed by atoms with van der Waals surface area (Å²) < 4.78 is 5.54. The van der Waals surface area contributed by atoms with Crippen LogP contribution in [0.2, 0.25) is 0 Å². The Kier molecular flexibility index (Phi) is 6.25. The van der Waals surface area contributed by atoms with Gasteiger partial charge in [0.2, 0.25) is 5.91 Å². The van der Waals surface area contributed by atoms with Crippen molar-refractivity contribution in [3.63, 3.8) is 0 Å². The van der Waals surface area contributed by atoms with Crippen molar-refractivity contribution < 1.29 is 9.53 Å². The highest BCUT2D eigenvalue weighted by molar-refractivity contribution is 7.15. The van der Waals surface area contributed by atoms with Gasteiger partial charge in [0.1, 0.15) is 10.8 Å². The first-order valence-corrected chi connectivity index (χ1v) is 12.5. The Morgan fingerprint density at radius 2 is 1.90 bits per heavy atom. The Bertz CT molecular complexity index is 901. The van der Waals surface area contributed by atoms with Gasteiger partial charge in [0, 0.05) is 62.2 Å². The third-order valence-corrected chi connectivity index (χ3v) is 7.97. The molecule has 1 saturated heterocycles. The maximum Gasteiger partial charge on any atom is 0.236 e. The molecule has 2 aromatic rings. The number of hydrogen-bond donors (Lipinski definition) is 0. The summed E-state index contributed by atoms with van der Waals surface area (Å²) in [6.07, 6.45) is 4.99. The monoisotopic (exact) mass is 440 g/mol. The second-order valence-electron chi connectivity index (χ2n) is 8.81. The zero-order valence-corrected chi connectivity index (χ0v) is 19.2. The molecule has 0 atom stereocenters. The van der Waals surface area contributed by atoms with E-state index in [1.54, 1.807) is 11.3 Å². The smallest absolute Gasteiger partial charge is 0.236 e. The van der Waals surface area contributed by atoms with Gasteiger partial charge in [0.05, 0.1) is 18.8 Å². The molecular formula is C24H32N4O2S. The molecule has 0 bridgehead atoms. The largest absolute Gasteiger partial charge is 0.494 e. The van der Waals surface area contributed by atoms with E-state index in [1.807, 2.05) is 19.1 Å². The Balaban J connectivity index is 1.16. The third-order valence-electron chi connectivity index (χ3n) is 6.84. The molecule has 0 spiro atoms. The minimum absolute atomic E-state index is 0.285. The molecule has 2 fully saturated rings. The van der Waals surface area contributed by atoms with Crippen molar-refractivity contribution in [2.75, 3.05) is 45.9 Å². The number of carbonyl (C=O) groups is 1. The van der Waals surface area contributed by atoms with Crippen LogP contribution in [-0.2, 0) is 17.8 Å². The summed E-state index contributed by atoms with van der Waals surface area (Å²) in [4.78, 5) is 26.0. The molecule has 1 amide bonds. The molecular weight excluding hydrogens is 408 g/mol. The fourth-order valence-corrected chi connectivity index (χ4v) is 5.90. The fraction of sp³-hybridized carbons (Fsp3) is 0.583. The van der Waals surface area contributed by atoms with Crippen LogP contribution < -0.4 is 4.74 Å². The van der Waals surface area contributed by atoms with E-state index in [4.69, 9.17) is 9.72 Å². The maximum atomic E-state index is 12.9. The van der Waals surface area contributed by atoms with Crippen molar-refractivity contribution in [3.8, 4) is 16.3 Å². The molecule has 7 heteroatoms. The highest BCUT2D eigenvalue weighted by Crippen LogP contribution is 2.32. The lowest BCUT2D eigenvalue weighted by atomic mass is 9.91. The number of benzene rings is 1. The molecule has 6 nitrogen and oxygen atoms in total. The predicted octanol–water partition coefficient (Wildman–Crippen LogP) is 3.26. The molecule has 1 aliphatic carbocycles. The zero-order valence-electron chi connectivity index (χ0n) is 18.4. The summed E-state index contributed by atoms with van der Waals surface area (Å²) in [5.41, 5.74) is 2.33. The minimum atomic E-state index is 0.285. The summed E-state index contributed by atoms with van der Waals surface area (Å²) in [6.45, 7) is 8.80. The Morgan fingerprint density at radius 3 is 2.58 bits per heavy atom. The van der Waals surface area contributed by atoms with Crippen molar-refractivity contribution >= 4 is 17.2 Å². The first-order chi connectivity index (χ1) is 15.2. The summed E-state index contributed by atoms with van der Waals surface area (Å²) in [5, 5.41) is 1.06. The quantitative estimate of drug-likeness (QED) is 0.690. The van der Waals surface area contributed by atoms with Crippen LogP contribution in [0, 0.1) is 0 Å². The van der Waals surface area contributed by atoms with E-state index in [-0.39, 0.29) is 5.91 Å². The number of fused-ring (bicyclic) bond motifs is 1. The SMILES string of the molecule is CCOc1ccc(-c2nc3c(s2)CN(CC(=O)N2CCN(C4CCC4)CC2)CC3)cc1. The van der Waals surface area contributed by atoms with Crippen LogP contribution in [-0.4, -0.2) is 77.5 Å². The van der Waals surface area contributed by atoms with Crippen LogP contribution in [0.1, 0.15) is 36.8 Å². The molecule has 1 saturated carbocycles. The average Bonchev–Trinajstić information content (AvgIpc) is 3.17. The number of rotatable bonds is 6. The summed E-state index contributed by atoms with van der Waals surface area (Å²) in [6, 6.07) is 8.97. The third kappa shape index (κ3) is 4.64. The van der Waals surface area contributed by atoms with E-state index in [0.717, 1.165) is 68.1 Å². The topological polar surface area (TPSA) is 48.9 Å². The van der Waals surface area contributed by atoms with Crippen LogP contribution in [0.25, 0.3) is 10.6 Å². The van der Waals surface area contributed by atoms with E-state index < -0.39 is 0 Å². The second-order valence-corrected chi connectivity index (χ2v) is 9.89. The Hall–Kier alpha value is -1.96. The number of carbonyl (C=O) groups excluding carboxylic acids is 1. The maximum absolute atomic E-state index is 12.9. The van der Waals surface area contributed by atoms with Crippen LogP contribution in [0.4, 0.5) is 0 Å². The molecule has 0 N–H and O–H groups in total. The highest BCUT2D eigenvalue weighted by Gasteiger charge is 2.30. The summed E-state index contributed by atoms with van der Waals surface area (Å²) in [5.74, 6) is 1.18. The van der Waals surface area contributed by atoms with E-state index in [2.05, 4.69) is 26.8 Å². The van der Waals surface area contributed by atoms with Crippen molar-refractivity contribution in [1.82, 2.24) is 19.7 Å². The van der Waals surface area contributed by atoms with Gasteiger partial charge < -0.3 is 9.64 Å². The Labute approximate surface area is 188 Å². The molecule has 2 aliphatic heterocycles. The van der Waals surface area contributed by atoms with E-state index in [9.17, 15) is 4.79 Å². The first-order valence-electron chi connectivity index (χ1n) is 11.7. The van der Waals surface area contributed by atoms with Crippen LogP contribution >= 0.6 is 11.3 Å². The standard InChI is InChI=1S/C24H32N4O2S/c1-2-30-20-8-6-18(7-9-20)24-25-21-10-11-26(16-22(21)31-24)17-23(29)28-14-12-27(13-15-28)19-4-3-5-19/h6-9,19H,2-5,10-17H2,1H3. The van der Waals surface area contributed by atoms with Crippen molar-refractivity contribution in [2.45, 2.75) is 45.2 Å². The molecule has 3 aliphatic rings. The number of hydrogen-bond acceptors (Lipinski definition) is 6. The Morgan fingerprint density at radius 1 is 1.13 bits per heavy atom. The lowest BCUT2D eigenvalue weighted by Crippen LogP contribution is -2.55. The van der Waals surface area contributed by atoms with Crippen molar-refractivity contribution in [3.05, 3.63) is 34.8 Å². The molecule has 1 aromatic carbocycles. The molecule has 0 radical (unpaired) electrons. The van der Waals surface area contributed by atoms with Gasteiger partial charge in [-0.1, -0.05) is 6.42 Å². The molecule has 0 unspecified atom stereocenters.